The van der Waals surface area contributed by atoms with Crippen molar-refractivity contribution in [3.05, 3.63) is 24.3 Å². The molecule has 56 heavy (non-hydrogen) atoms. The molecule has 0 fully saturated rings. The number of carbonyl (C=O) groups excluding carboxylic acids is 3. The van der Waals surface area contributed by atoms with Gasteiger partial charge in [0, 0.05) is 19.3 Å². The molecule has 2 unspecified atom stereocenters. The Bertz CT molecular complexity index is 973. The Balaban J connectivity index is 4.21. The largest absolute Gasteiger partial charge is 0.544 e. The highest BCUT2D eigenvalue weighted by molar-refractivity contribution is 5.70. The Morgan fingerprint density at radius 3 is 1.34 bits per heavy atom. The number of likely N-dealkylation sites (N-methyl/N-ethyl adjacent to an activating group) is 1. The third kappa shape index (κ3) is 37.4. The maximum atomic E-state index is 12.7. The third-order valence-electron chi connectivity index (χ3n) is 10.6. The Morgan fingerprint density at radius 2 is 0.911 bits per heavy atom. The first kappa shape index (κ1) is 53.8. The van der Waals surface area contributed by atoms with Gasteiger partial charge in [0.1, 0.15) is 12.6 Å². The van der Waals surface area contributed by atoms with Crippen LogP contribution in [-0.2, 0) is 28.6 Å². The first-order valence-electron chi connectivity index (χ1n) is 23.4. The lowest BCUT2D eigenvalue weighted by atomic mass is 10.0. The smallest absolute Gasteiger partial charge is 0.306 e. The molecule has 0 aromatic heterocycles. The van der Waals surface area contributed by atoms with Gasteiger partial charge in [0.15, 0.2) is 6.10 Å². The number of rotatable bonds is 42. The number of carbonyl (C=O) groups is 3. The third-order valence-corrected chi connectivity index (χ3v) is 10.6. The number of carboxylic acid groups (broad SMARTS) is 1. The van der Waals surface area contributed by atoms with Crippen LogP contribution in [0, 0.1) is 0 Å². The zero-order valence-electron chi connectivity index (χ0n) is 37.3. The van der Waals surface area contributed by atoms with E-state index in [-0.39, 0.29) is 42.7 Å². The van der Waals surface area contributed by atoms with Crippen molar-refractivity contribution in [2.24, 2.45) is 0 Å². The molecular formula is C48H89NO7. The molecular weight excluding hydrogens is 703 g/mol. The summed E-state index contributed by atoms with van der Waals surface area (Å²) in [5.41, 5.74) is 0. The van der Waals surface area contributed by atoms with Crippen molar-refractivity contribution >= 4 is 17.9 Å². The van der Waals surface area contributed by atoms with Gasteiger partial charge in [-0.05, 0) is 57.8 Å². The topological polar surface area (TPSA) is 102 Å². The van der Waals surface area contributed by atoms with Gasteiger partial charge in [0.05, 0.1) is 40.3 Å². The zero-order chi connectivity index (χ0) is 41.4. The predicted molar refractivity (Wildman–Crippen MR) is 231 cm³/mol. The molecule has 0 rings (SSSR count). The molecule has 8 heteroatoms. The van der Waals surface area contributed by atoms with Gasteiger partial charge in [-0.1, -0.05) is 160 Å². The fraction of sp³-hybridized carbons (Fsp3) is 0.854. The average molecular weight is 792 g/mol. The zero-order valence-corrected chi connectivity index (χ0v) is 37.3. The Morgan fingerprint density at radius 1 is 0.518 bits per heavy atom. The molecule has 8 nitrogen and oxygen atoms in total. The Labute approximate surface area is 345 Å². The summed E-state index contributed by atoms with van der Waals surface area (Å²) >= 11 is 0. The lowest BCUT2D eigenvalue weighted by molar-refractivity contribution is -0.889. The summed E-state index contributed by atoms with van der Waals surface area (Å²) in [7, 11) is 5.40. The van der Waals surface area contributed by atoms with Crippen LogP contribution in [0.5, 0.6) is 0 Å². The second-order valence-electron chi connectivity index (χ2n) is 17.0. The van der Waals surface area contributed by atoms with E-state index in [0.29, 0.717) is 12.8 Å². The Kier molecular flexibility index (Phi) is 38.1. The molecule has 0 saturated carbocycles. The van der Waals surface area contributed by atoms with Crippen LogP contribution in [0.1, 0.15) is 213 Å². The quantitative estimate of drug-likeness (QED) is 0.0262. The van der Waals surface area contributed by atoms with Crippen molar-refractivity contribution in [1.82, 2.24) is 0 Å². The molecule has 0 aliphatic heterocycles. The summed E-state index contributed by atoms with van der Waals surface area (Å²) in [6, 6.07) is -0.725. The van der Waals surface area contributed by atoms with E-state index >= 15 is 0 Å². The number of esters is 2. The molecule has 0 spiro atoms. The summed E-state index contributed by atoms with van der Waals surface area (Å²) in [5, 5.41) is 11.6. The molecule has 0 aromatic carbocycles. The fourth-order valence-corrected chi connectivity index (χ4v) is 6.87. The number of unbranched alkanes of at least 4 members (excludes halogenated alkanes) is 24. The summed E-state index contributed by atoms with van der Waals surface area (Å²) in [6.07, 6.45) is 43.6. The summed E-state index contributed by atoms with van der Waals surface area (Å²) in [5.74, 6) is -1.75. The summed E-state index contributed by atoms with van der Waals surface area (Å²) < 4.78 is 17.1. The average Bonchev–Trinajstić information content (AvgIpc) is 3.15. The van der Waals surface area contributed by atoms with Crippen LogP contribution in [0.25, 0.3) is 0 Å². The fourth-order valence-electron chi connectivity index (χ4n) is 6.87. The monoisotopic (exact) mass is 792 g/mol. The predicted octanol–water partition coefficient (Wildman–Crippen LogP) is 11.5. The second-order valence-corrected chi connectivity index (χ2v) is 17.0. The van der Waals surface area contributed by atoms with Gasteiger partial charge in [-0.15, -0.1) is 0 Å². The number of allylic oxidation sites excluding steroid dienone is 4. The summed E-state index contributed by atoms with van der Waals surface area (Å²) in [4.78, 5) is 36.8. The molecule has 0 aliphatic rings. The van der Waals surface area contributed by atoms with Crippen LogP contribution in [0.2, 0.25) is 0 Å². The minimum Gasteiger partial charge on any atom is -0.544 e. The van der Waals surface area contributed by atoms with E-state index < -0.39 is 18.1 Å². The molecule has 0 aromatic rings. The maximum Gasteiger partial charge on any atom is 0.306 e. The molecule has 0 radical (unpaired) electrons. The number of hydrogen-bond acceptors (Lipinski definition) is 7. The van der Waals surface area contributed by atoms with E-state index in [2.05, 4.69) is 38.2 Å². The molecule has 0 saturated heterocycles. The highest BCUT2D eigenvalue weighted by Gasteiger charge is 2.25. The number of carboxylic acids is 1. The van der Waals surface area contributed by atoms with E-state index in [1.165, 1.54) is 122 Å². The molecule has 0 N–H and O–H groups in total. The minimum absolute atomic E-state index is 0.0379. The van der Waals surface area contributed by atoms with Crippen LogP contribution < -0.4 is 5.11 Å². The highest BCUT2D eigenvalue weighted by atomic mass is 16.6. The minimum atomic E-state index is -1.13. The van der Waals surface area contributed by atoms with Crippen LogP contribution >= 0.6 is 0 Å². The number of ether oxygens (including phenoxy) is 3. The van der Waals surface area contributed by atoms with E-state index in [0.717, 1.165) is 57.8 Å². The van der Waals surface area contributed by atoms with Crippen molar-refractivity contribution in [3.8, 4) is 0 Å². The van der Waals surface area contributed by atoms with Gasteiger partial charge < -0.3 is 28.6 Å². The van der Waals surface area contributed by atoms with Gasteiger partial charge in [-0.25, -0.2) is 0 Å². The highest BCUT2D eigenvalue weighted by Crippen LogP contribution is 2.15. The first-order valence-corrected chi connectivity index (χ1v) is 23.4. The molecule has 328 valence electrons. The van der Waals surface area contributed by atoms with Crippen molar-refractivity contribution < 1.29 is 38.2 Å². The van der Waals surface area contributed by atoms with Crippen molar-refractivity contribution in [3.63, 3.8) is 0 Å². The number of aliphatic carboxylic acids is 1. The van der Waals surface area contributed by atoms with E-state index in [9.17, 15) is 19.5 Å². The van der Waals surface area contributed by atoms with Gasteiger partial charge in [0.2, 0.25) is 0 Å². The van der Waals surface area contributed by atoms with Gasteiger partial charge >= 0.3 is 11.9 Å². The number of nitrogens with zero attached hydrogens (tertiary/aromatic N) is 1. The lowest BCUT2D eigenvalue weighted by Gasteiger charge is -2.34. The standard InChI is InChI=1S/C48H89NO7/c1-6-8-10-12-14-16-18-19-20-21-22-23-24-25-26-27-28-29-31-33-35-37-39-47(51)56-44(42-54-41-40-45(48(52)53)49(3,4)5)43-55-46(50)38-36-34-32-30-17-15-13-11-9-7-2/h13,15,24-25,44-45H,6-12,14,16-23,26-43H2,1-5H3/b15-13+,25-24+. The first-order chi connectivity index (χ1) is 27.1. The van der Waals surface area contributed by atoms with E-state index in [1.807, 2.05) is 0 Å². The summed E-state index contributed by atoms with van der Waals surface area (Å²) in [6.45, 7) is 4.62. The van der Waals surface area contributed by atoms with E-state index in [4.69, 9.17) is 14.2 Å². The van der Waals surface area contributed by atoms with Gasteiger partial charge in [-0.2, -0.15) is 0 Å². The van der Waals surface area contributed by atoms with Gasteiger partial charge in [0.25, 0.3) is 0 Å². The van der Waals surface area contributed by atoms with Gasteiger partial charge in [-0.3, -0.25) is 9.59 Å². The van der Waals surface area contributed by atoms with Crippen LogP contribution in [0.4, 0.5) is 0 Å². The molecule has 0 aliphatic carbocycles. The maximum absolute atomic E-state index is 12.7. The lowest BCUT2D eigenvalue weighted by Crippen LogP contribution is -2.55. The Hall–Kier alpha value is -2.19. The number of quaternary nitrogens is 1. The van der Waals surface area contributed by atoms with Crippen molar-refractivity contribution in [2.75, 3.05) is 41.0 Å². The molecule has 0 bridgehead atoms. The molecule has 0 heterocycles. The van der Waals surface area contributed by atoms with Crippen LogP contribution in [0.3, 0.4) is 0 Å². The molecule has 2 atom stereocenters. The molecule has 0 amide bonds. The van der Waals surface area contributed by atoms with Crippen molar-refractivity contribution in [1.29, 1.82) is 0 Å². The van der Waals surface area contributed by atoms with Crippen LogP contribution in [0.15, 0.2) is 24.3 Å². The SMILES string of the molecule is CCCC/C=C/CCCCCCC(=O)OCC(COCCC(C(=O)[O-])[N+](C)(C)C)OC(=O)CCCCCCCCC/C=C/CCCCCCCCCCCCC. The second kappa shape index (κ2) is 39.6. The number of hydrogen-bond donors (Lipinski definition) is 0. The normalized spacial score (nSPS) is 13.1. The van der Waals surface area contributed by atoms with Crippen molar-refractivity contribution in [2.45, 2.75) is 225 Å². The van der Waals surface area contributed by atoms with E-state index in [1.54, 1.807) is 21.1 Å². The van der Waals surface area contributed by atoms with Crippen LogP contribution in [-0.4, -0.2) is 75.5 Å².